The van der Waals surface area contributed by atoms with Gasteiger partial charge in [-0.3, -0.25) is 4.90 Å². The van der Waals surface area contributed by atoms with Crippen LogP contribution in [0.4, 0.5) is 0 Å². The molecular weight excluding hydrogens is 544 g/mol. The van der Waals surface area contributed by atoms with E-state index < -0.39 is 0 Å². The second-order valence-corrected chi connectivity index (χ2v) is 13.6. The van der Waals surface area contributed by atoms with Crippen LogP contribution in [0.15, 0.2) is 30.3 Å². The van der Waals surface area contributed by atoms with Gasteiger partial charge in [0, 0.05) is 43.7 Å². The third-order valence-electron chi connectivity index (χ3n) is 9.03. The third-order valence-corrected chi connectivity index (χ3v) is 9.03. The maximum atomic E-state index is 5.96. The third kappa shape index (κ3) is 13.8. The summed E-state index contributed by atoms with van der Waals surface area (Å²) in [7, 11) is 0. The summed E-state index contributed by atoms with van der Waals surface area (Å²) in [5.41, 5.74) is 1.95. The number of hydrogen-bond donors (Lipinski definition) is 1. The molecule has 0 aromatic heterocycles. The minimum absolute atomic E-state index is 0.00860. The zero-order valence-corrected chi connectivity index (χ0v) is 27.2. The van der Waals surface area contributed by atoms with Crippen LogP contribution in [0.25, 0.3) is 0 Å². The number of benzene rings is 1. The average molecular weight is 605 g/mol. The maximum Gasteiger partial charge on any atom is 0.157 e. The molecule has 8 nitrogen and oxygen atoms in total. The molecule has 0 bridgehead atoms. The summed E-state index contributed by atoms with van der Waals surface area (Å²) in [6.45, 7) is 16.1. The molecule has 5 rings (SSSR count). The Morgan fingerprint density at radius 1 is 0.767 bits per heavy atom. The lowest BCUT2D eigenvalue weighted by atomic mass is 9.82. The molecule has 4 aliphatic rings. The SMILES string of the molecule is C[C@]1(COCCOC2CCCCO2)CCCN(Cc2ccccc2)C1.C[C@]1(COCCOC2CCCCO2)CCCNC1. The van der Waals surface area contributed by atoms with Crippen molar-refractivity contribution in [3.63, 3.8) is 0 Å². The number of nitrogens with zero attached hydrogens (tertiary/aromatic N) is 1. The highest BCUT2D eigenvalue weighted by molar-refractivity contribution is 5.14. The molecule has 0 aliphatic carbocycles. The molecule has 43 heavy (non-hydrogen) atoms. The first-order valence-corrected chi connectivity index (χ1v) is 17.1. The van der Waals surface area contributed by atoms with Gasteiger partial charge in [0.1, 0.15) is 0 Å². The zero-order chi connectivity index (χ0) is 30.1. The van der Waals surface area contributed by atoms with E-state index in [0.29, 0.717) is 31.8 Å². The van der Waals surface area contributed by atoms with Gasteiger partial charge in [-0.05, 0) is 82.9 Å². The molecule has 2 unspecified atom stereocenters. The van der Waals surface area contributed by atoms with Gasteiger partial charge in [0.25, 0.3) is 0 Å². The van der Waals surface area contributed by atoms with Crippen molar-refractivity contribution in [2.45, 2.75) is 97.2 Å². The van der Waals surface area contributed by atoms with E-state index in [9.17, 15) is 0 Å². The van der Waals surface area contributed by atoms with Gasteiger partial charge >= 0.3 is 0 Å². The lowest BCUT2D eigenvalue weighted by Crippen LogP contribution is -2.43. The van der Waals surface area contributed by atoms with E-state index in [1.807, 2.05) is 0 Å². The smallest absolute Gasteiger partial charge is 0.157 e. The first-order valence-electron chi connectivity index (χ1n) is 17.1. The molecular formula is C35H60N2O6. The Bertz CT molecular complexity index is 842. The van der Waals surface area contributed by atoms with Crippen LogP contribution >= 0.6 is 0 Å². The van der Waals surface area contributed by atoms with Crippen LogP contribution < -0.4 is 5.32 Å². The lowest BCUT2D eigenvalue weighted by Gasteiger charge is -2.40. The van der Waals surface area contributed by atoms with Crippen molar-refractivity contribution in [2.75, 3.05) is 79.0 Å². The van der Waals surface area contributed by atoms with E-state index in [0.717, 1.165) is 71.9 Å². The predicted octanol–water partition coefficient (Wildman–Crippen LogP) is 5.78. The summed E-state index contributed by atoms with van der Waals surface area (Å²) in [5.74, 6) is 0. The first kappa shape index (κ1) is 34.8. The van der Waals surface area contributed by atoms with Gasteiger partial charge in [-0.1, -0.05) is 44.2 Å². The minimum atomic E-state index is -0.0102. The second kappa shape index (κ2) is 19.4. The fourth-order valence-corrected chi connectivity index (χ4v) is 6.56. The van der Waals surface area contributed by atoms with Crippen LogP contribution in [0.3, 0.4) is 0 Å². The lowest BCUT2D eigenvalue weighted by molar-refractivity contribution is -0.170. The van der Waals surface area contributed by atoms with E-state index in [1.165, 1.54) is 57.1 Å². The summed E-state index contributed by atoms with van der Waals surface area (Å²) in [6.07, 6.45) is 11.8. The molecule has 4 atom stereocenters. The van der Waals surface area contributed by atoms with Gasteiger partial charge < -0.3 is 33.7 Å². The maximum absolute atomic E-state index is 5.96. The highest BCUT2D eigenvalue weighted by atomic mass is 16.7. The van der Waals surface area contributed by atoms with E-state index >= 15 is 0 Å². The number of likely N-dealkylation sites (tertiary alicyclic amines) is 1. The molecule has 4 saturated heterocycles. The largest absolute Gasteiger partial charge is 0.378 e. The van der Waals surface area contributed by atoms with Crippen LogP contribution in [0.2, 0.25) is 0 Å². The molecule has 1 aromatic rings. The molecule has 1 aromatic carbocycles. The average Bonchev–Trinajstić information content (AvgIpc) is 3.03. The Kier molecular flexibility index (Phi) is 15.7. The standard InChI is InChI=1S/C21H33NO3.C14H27NO3/c1-21(18-23-14-15-25-20-10-5-6-13-24-20)11-7-12-22(17-21)16-19-8-3-2-4-9-19;1-14(6-4-7-15-11-14)12-16-9-10-18-13-5-2-3-8-17-13/h2-4,8-9,20H,5-7,10-18H2,1H3;13,15H,2-12H2,1H3/t20?,21-;13?,14-/m00/s1. The minimum Gasteiger partial charge on any atom is -0.378 e. The summed E-state index contributed by atoms with van der Waals surface area (Å²) >= 11 is 0. The molecule has 4 heterocycles. The Hall–Kier alpha value is -1.10. The molecule has 0 saturated carbocycles. The number of ether oxygens (including phenoxy) is 6. The molecule has 8 heteroatoms. The van der Waals surface area contributed by atoms with Gasteiger partial charge in [0.2, 0.25) is 0 Å². The molecule has 0 radical (unpaired) electrons. The summed E-state index contributed by atoms with van der Waals surface area (Å²) in [4.78, 5) is 2.56. The quantitative estimate of drug-likeness (QED) is 0.268. The van der Waals surface area contributed by atoms with Crippen molar-refractivity contribution >= 4 is 0 Å². The van der Waals surface area contributed by atoms with Gasteiger partial charge in [-0.15, -0.1) is 0 Å². The molecule has 4 aliphatic heterocycles. The van der Waals surface area contributed by atoms with Gasteiger partial charge in [-0.2, -0.15) is 0 Å². The van der Waals surface area contributed by atoms with Crippen molar-refractivity contribution in [3.05, 3.63) is 35.9 Å². The fraction of sp³-hybridized carbons (Fsp3) is 0.829. The zero-order valence-electron chi connectivity index (χ0n) is 27.2. The first-order chi connectivity index (χ1) is 21.0. The molecule has 0 amide bonds. The fourth-order valence-electron chi connectivity index (χ4n) is 6.56. The van der Waals surface area contributed by atoms with Crippen LogP contribution in [0.5, 0.6) is 0 Å². The highest BCUT2D eigenvalue weighted by Crippen LogP contribution is 2.30. The van der Waals surface area contributed by atoms with Crippen molar-refractivity contribution in [3.8, 4) is 0 Å². The monoisotopic (exact) mass is 604 g/mol. The Labute approximate surface area is 261 Å². The van der Waals surface area contributed by atoms with Crippen LogP contribution in [-0.4, -0.2) is 96.5 Å². The van der Waals surface area contributed by atoms with Crippen LogP contribution in [0.1, 0.15) is 83.6 Å². The van der Waals surface area contributed by atoms with Gasteiger partial charge in [0.15, 0.2) is 12.6 Å². The van der Waals surface area contributed by atoms with Crippen LogP contribution in [-0.2, 0) is 35.0 Å². The topological polar surface area (TPSA) is 70.7 Å². The van der Waals surface area contributed by atoms with Gasteiger partial charge in [-0.25, -0.2) is 0 Å². The molecule has 246 valence electrons. The normalized spacial score (nSPS) is 30.4. The van der Waals surface area contributed by atoms with Crippen molar-refractivity contribution in [1.82, 2.24) is 10.2 Å². The second-order valence-electron chi connectivity index (χ2n) is 13.6. The van der Waals surface area contributed by atoms with Crippen molar-refractivity contribution < 1.29 is 28.4 Å². The predicted molar refractivity (Wildman–Crippen MR) is 170 cm³/mol. The number of rotatable bonds is 14. The summed E-state index contributed by atoms with van der Waals surface area (Å²) < 4.78 is 34.2. The summed E-state index contributed by atoms with van der Waals surface area (Å²) in [6, 6.07) is 10.8. The number of nitrogens with one attached hydrogen (secondary N) is 1. The van der Waals surface area contributed by atoms with Gasteiger partial charge in [0.05, 0.1) is 39.6 Å². The Balaban J connectivity index is 0.000000208. The Morgan fingerprint density at radius 3 is 1.98 bits per heavy atom. The highest BCUT2D eigenvalue weighted by Gasteiger charge is 2.31. The van der Waals surface area contributed by atoms with E-state index in [4.69, 9.17) is 28.4 Å². The van der Waals surface area contributed by atoms with E-state index in [1.54, 1.807) is 0 Å². The van der Waals surface area contributed by atoms with Crippen LogP contribution in [0, 0.1) is 10.8 Å². The number of piperidine rings is 2. The van der Waals surface area contributed by atoms with Crippen molar-refractivity contribution in [1.29, 1.82) is 0 Å². The summed E-state index contributed by atoms with van der Waals surface area (Å²) in [5, 5.41) is 3.44. The van der Waals surface area contributed by atoms with E-state index in [-0.39, 0.29) is 18.0 Å². The molecule has 1 N–H and O–H groups in total. The molecule has 4 fully saturated rings. The molecule has 0 spiro atoms. The number of hydrogen-bond acceptors (Lipinski definition) is 8. The Morgan fingerprint density at radius 2 is 1.40 bits per heavy atom. The van der Waals surface area contributed by atoms with E-state index in [2.05, 4.69) is 54.4 Å². The van der Waals surface area contributed by atoms with Crippen molar-refractivity contribution in [2.24, 2.45) is 10.8 Å².